The number of hydrogen-bond acceptors (Lipinski definition) is 2. The number of carbonyl (C=O) groups excluding carboxylic acids is 1. The van der Waals surface area contributed by atoms with Crippen molar-refractivity contribution in [3.05, 3.63) is 22.9 Å². The molecule has 1 aliphatic rings. The average molecular weight is 237 g/mol. The van der Waals surface area contributed by atoms with Crippen molar-refractivity contribution in [3.63, 3.8) is 0 Å². The molecule has 0 N–H and O–H groups in total. The second-order valence-corrected chi connectivity index (χ2v) is 4.95. The fraction of sp³-hybridized carbons (Fsp3) is 0.667. The molecule has 0 radical (unpaired) electrons. The number of carbonyl (C=O) groups is 1. The Morgan fingerprint density at radius 1 is 1.47 bits per heavy atom. The highest BCUT2D eigenvalue weighted by Gasteiger charge is 2.29. The molecule has 0 aliphatic heterocycles. The van der Waals surface area contributed by atoms with Crippen LogP contribution < -0.4 is 5.69 Å². The van der Waals surface area contributed by atoms with Gasteiger partial charge in [0.05, 0.1) is 0 Å². The third-order valence-corrected chi connectivity index (χ3v) is 3.22. The van der Waals surface area contributed by atoms with E-state index in [1.807, 2.05) is 20.9 Å². The Morgan fingerprint density at radius 3 is 2.59 bits per heavy atom. The van der Waals surface area contributed by atoms with Gasteiger partial charge < -0.3 is 4.90 Å². The molecule has 0 spiro atoms. The van der Waals surface area contributed by atoms with Crippen LogP contribution in [-0.2, 0) is 11.3 Å². The van der Waals surface area contributed by atoms with Crippen LogP contribution in [0.15, 0.2) is 17.2 Å². The third kappa shape index (κ3) is 2.43. The predicted molar refractivity (Wildman–Crippen MR) is 64.9 cm³/mol. The van der Waals surface area contributed by atoms with Gasteiger partial charge in [-0.05, 0) is 26.7 Å². The minimum absolute atomic E-state index is 0.0103. The van der Waals surface area contributed by atoms with Crippen LogP contribution in [0, 0.1) is 0 Å². The molecular weight excluding hydrogens is 218 g/mol. The van der Waals surface area contributed by atoms with Gasteiger partial charge in [-0.2, -0.15) is 0 Å². The number of hydrogen-bond donors (Lipinski definition) is 0. The van der Waals surface area contributed by atoms with E-state index < -0.39 is 0 Å². The molecule has 1 amide bonds. The zero-order valence-corrected chi connectivity index (χ0v) is 10.6. The lowest BCUT2D eigenvalue weighted by molar-refractivity contribution is -0.131. The Morgan fingerprint density at radius 2 is 2.12 bits per heavy atom. The van der Waals surface area contributed by atoms with Crippen LogP contribution >= 0.6 is 0 Å². The maximum absolute atomic E-state index is 11.9. The SMILES string of the molecule is CC(C)n1ccn(CC(=O)N(C)C2CC2)c1=O. The van der Waals surface area contributed by atoms with E-state index in [1.165, 1.54) is 4.57 Å². The number of nitrogens with zero attached hydrogens (tertiary/aromatic N) is 3. The predicted octanol–water partition coefficient (Wildman–Crippen LogP) is 0.851. The molecule has 0 saturated heterocycles. The Balaban J connectivity index is 2.08. The molecule has 5 nitrogen and oxygen atoms in total. The normalized spacial score (nSPS) is 15.3. The van der Waals surface area contributed by atoms with Gasteiger partial charge in [-0.15, -0.1) is 0 Å². The highest BCUT2D eigenvalue weighted by atomic mass is 16.2. The first kappa shape index (κ1) is 12.0. The Labute approximate surface area is 101 Å². The maximum Gasteiger partial charge on any atom is 0.328 e. The number of likely N-dealkylation sites (N-methyl/N-ethyl adjacent to an activating group) is 1. The van der Waals surface area contributed by atoms with Crippen LogP contribution in [0.5, 0.6) is 0 Å². The van der Waals surface area contributed by atoms with Gasteiger partial charge in [0.1, 0.15) is 6.54 Å². The van der Waals surface area contributed by atoms with Gasteiger partial charge in [0.15, 0.2) is 0 Å². The molecule has 1 aromatic rings. The van der Waals surface area contributed by atoms with Gasteiger partial charge in [-0.3, -0.25) is 13.9 Å². The quantitative estimate of drug-likeness (QED) is 0.779. The smallest absolute Gasteiger partial charge is 0.328 e. The Hall–Kier alpha value is -1.52. The van der Waals surface area contributed by atoms with Crippen molar-refractivity contribution in [2.75, 3.05) is 7.05 Å². The fourth-order valence-electron chi connectivity index (χ4n) is 1.86. The van der Waals surface area contributed by atoms with E-state index in [1.54, 1.807) is 21.9 Å². The summed E-state index contributed by atoms with van der Waals surface area (Å²) in [5, 5.41) is 0. The van der Waals surface area contributed by atoms with Gasteiger partial charge in [0.2, 0.25) is 5.91 Å². The van der Waals surface area contributed by atoms with E-state index >= 15 is 0 Å². The van der Waals surface area contributed by atoms with E-state index in [2.05, 4.69) is 0 Å². The van der Waals surface area contributed by atoms with E-state index in [9.17, 15) is 9.59 Å². The average Bonchev–Trinajstić information content (AvgIpc) is 3.04. The second-order valence-electron chi connectivity index (χ2n) is 4.95. The van der Waals surface area contributed by atoms with Crippen molar-refractivity contribution in [1.29, 1.82) is 0 Å². The number of amides is 1. The van der Waals surface area contributed by atoms with E-state index in [4.69, 9.17) is 0 Å². The summed E-state index contributed by atoms with van der Waals surface area (Å²) in [5.74, 6) is 0.0103. The minimum atomic E-state index is -0.113. The summed E-state index contributed by atoms with van der Waals surface area (Å²) in [5.41, 5.74) is -0.113. The van der Waals surface area contributed by atoms with Crippen LogP contribution in [0.3, 0.4) is 0 Å². The highest BCUT2D eigenvalue weighted by Crippen LogP contribution is 2.25. The largest absolute Gasteiger partial charge is 0.341 e. The topological polar surface area (TPSA) is 47.2 Å². The van der Waals surface area contributed by atoms with Crippen molar-refractivity contribution in [1.82, 2.24) is 14.0 Å². The van der Waals surface area contributed by atoms with Gasteiger partial charge >= 0.3 is 5.69 Å². The van der Waals surface area contributed by atoms with Crippen molar-refractivity contribution >= 4 is 5.91 Å². The monoisotopic (exact) mass is 237 g/mol. The zero-order chi connectivity index (χ0) is 12.6. The second kappa shape index (κ2) is 4.39. The van der Waals surface area contributed by atoms with Gasteiger partial charge in [0.25, 0.3) is 0 Å². The number of imidazole rings is 1. The molecular formula is C12H19N3O2. The molecule has 0 aromatic carbocycles. The van der Waals surface area contributed by atoms with Crippen molar-refractivity contribution < 1.29 is 4.79 Å². The van der Waals surface area contributed by atoms with Crippen LogP contribution in [0.1, 0.15) is 32.7 Å². The van der Waals surface area contributed by atoms with Crippen LogP contribution in [0.2, 0.25) is 0 Å². The lowest BCUT2D eigenvalue weighted by atomic mass is 10.4. The van der Waals surface area contributed by atoms with Gasteiger partial charge in [0, 0.05) is 31.5 Å². The molecule has 0 bridgehead atoms. The van der Waals surface area contributed by atoms with Crippen LogP contribution in [-0.4, -0.2) is 33.0 Å². The van der Waals surface area contributed by atoms with Crippen LogP contribution in [0.4, 0.5) is 0 Å². The summed E-state index contributed by atoms with van der Waals surface area (Å²) in [6, 6.07) is 0.519. The molecule has 1 heterocycles. The highest BCUT2D eigenvalue weighted by molar-refractivity contribution is 5.76. The lowest BCUT2D eigenvalue weighted by Gasteiger charge is -2.16. The zero-order valence-electron chi connectivity index (χ0n) is 10.6. The van der Waals surface area contributed by atoms with Gasteiger partial charge in [-0.1, -0.05) is 0 Å². The standard InChI is InChI=1S/C12H19N3O2/c1-9(2)15-7-6-14(12(15)17)8-11(16)13(3)10-4-5-10/h6-7,9-10H,4-5,8H2,1-3H3. The first-order valence-corrected chi connectivity index (χ1v) is 6.03. The Bertz CT molecular complexity index is 468. The molecule has 2 rings (SSSR count). The molecule has 5 heteroatoms. The molecule has 1 aliphatic carbocycles. The first-order chi connectivity index (χ1) is 8.00. The molecule has 94 valence electrons. The van der Waals surface area contributed by atoms with Gasteiger partial charge in [-0.25, -0.2) is 4.79 Å². The van der Waals surface area contributed by atoms with E-state index in [0.29, 0.717) is 6.04 Å². The summed E-state index contributed by atoms with van der Waals surface area (Å²) >= 11 is 0. The lowest BCUT2D eigenvalue weighted by Crippen LogP contribution is -2.35. The van der Waals surface area contributed by atoms with Crippen LogP contribution in [0.25, 0.3) is 0 Å². The molecule has 1 saturated carbocycles. The van der Waals surface area contributed by atoms with Crippen molar-refractivity contribution in [2.24, 2.45) is 0 Å². The minimum Gasteiger partial charge on any atom is -0.341 e. The van der Waals surface area contributed by atoms with Crippen molar-refractivity contribution in [2.45, 2.75) is 45.3 Å². The van der Waals surface area contributed by atoms with E-state index in [0.717, 1.165) is 12.8 Å². The van der Waals surface area contributed by atoms with E-state index in [-0.39, 0.29) is 24.2 Å². The molecule has 0 atom stereocenters. The maximum atomic E-state index is 11.9. The fourth-order valence-corrected chi connectivity index (χ4v) is 1.86. The third-order valence-electron chi connectivity index (χ3n) is 3.22. The summed E-state index contributed by atoms with van der Waals surface area (Å²) in [4.78, 5) is 25.5. The Kier molecular flexibility index (Phi) is 3.09. The molecule has 1 aromatic heterocycles. The summed E-state index contributed by atoms with van der Waals surface area (Å²) < 4.78 is 3.10. The van der Waals surface area contributed by atoms with Crippen molar-refractivity contribution in [3.8, 4) is 0 Å². The summed E-state index contributed by atoms with van der Waals surface area (Å²) in [6.07, 6.45) is 5.59. The molecule has 0 unspecified atom stereocenters. The number of aromatic nitrogens is 2. The molecule has 1 fully saturated rings. The summed E-state index contributed by atoms with van der Waals surface area (Å²) in [6.45, 7) is 4.04. The molecule has 17 heavy (non-hydrogen) atoms. The first-order valence-electron chi connectivity index (χ1n) is 6.03. The summed E-state index contributed by atoms with van der Waals surface area (Å²) in [7, 11) is 1.81. The number of rotatable bonds is 4.